The van der Waals surface area contributed by atoms with Crippen molar-refractivity contribution >= 4 is 16.9 Å². The van der Waals surface area contributed by atoms with Crippen molar-refractivity contribution in [1.29, 1.82) is 0 Å². The summed E-state index contributed by atoms with van der Waals surface area (Å²) in [6, 6.07) is 21.9. The molecular formula is C27H27FN2O3. The SMILES string of the molecule is COc1ccc2c(CNC[C@@H](C)c3ccccc3)c(C(=O)O)n(Cc3ccc(F)cc3)c2c1. The predicted molar refractivity (Wildman–Crippen MR) is 128 cm³/mol. The number of halogens is 1. The predicted octanol–water partition coefficient (Wildman–Crippen LogP) is 5.43. The molecule has 0 unspecified atom stereocenters. The lowest BCUT2D eigenvalue weighted by molar-refractivity contribution is 0.0684. The van der Waals surface area contributed by atoms with Crippen LogP contribution in [0.3, 0.4) is 0 Å². The van der Waals surface area contributed by atoms with Gasteiger partial charge in [-0.05, 0) is 41.3 Å². The fraction of sp³-hybridized carbons (Fsp3) is 0.222. The number of nitrogens with one attached hydrogen (secondary N) is 1. The van der Waals surface area contributed by atoms with Crippen molar-refractivity contribution in [3.63, 3.8) is 0 Å². The summed E-state index contributed by atoms with van der Waals surface area (Å²) in [4.78, 5) is 12.4. The number of carboxylic acids is 1. The summed E-state index contributed by atoms with van der Waals surface area (Å²) in [5.41, 5.74) is 3.76. The highest BCUT2D eigenvalue weighted by Gasteiger charge is 2.23. The minimum Gasteiger partial charge on any atom is -0.497 e. The van der Waals surface area contributed by atoms with Gasteiger partial charge in [0, 0.05) is 36.7 Å². The van der Waals surface area contributed by atoms with Gasteiger partial charge in [-0.3, -0.25) is 0 Å². The Hall–Kier alpha value is -3.64. The second-order valence-corrected chi connectivity index (χ2v) is 8.17. The zero-order valence-electron chi connectivity index (χ0n) is 18.7. The molecule has 0 aliphatic carbocycles. The Labute approximate surface area is 192 Å². The van der Waals surface area contributed by atoms with Crippen molar-refractivity contribution in [3.05, 3.63) is 101 Å². The molecule has 1 heterocycles. The molecule has 0 saturated heterocycles. The summed E-state index contributed by atoms with van der Waals surface area (Å²) in [5, 5.41) is 14.4. The van der Waals surface area contributed by atoms with Crippen LogP contribution in [0, 0.1) is 5.82 Å². The van der Waals surface area contributed by atoms with E-state index < -0.39 is 5.97 Å². The van der Waals surface area contributed by atoms with Crippen LogP contribution in [0.2, 0.25) is 0 Å². The van der Waals surface area contributed by atoms with Crippen LogP contribution in [0.1, 0.15) is 40.0 Å². The third-order valence-corrected chi connectivity index (χ3v) is 5.95. The van der Waals surface area contributed by atoms with Crippen molar-refractivity contribution in [1.82, 2.24) is 9.88 Å². The number of methoxy groups -OCH3 is 1. The molecular weight excluding hydrogens is 419 g/mol. The summed E-state index contributed by atoms with van der Waals surface area (Å²) in [6.07, 6.45) is 0. The molecule has 6 heteroatoms. The fourth-order valence-electron chi connectivity index (χ4n) is 4.20. The molecule has 3 aromatic carbocycles. The minimum absolute atomic E-state index is 0.224. The number of hydrogen-bond acceptors (Lipinski definition) is 3. The number of fused-ring (bicyclic) bond motifs is 1. The molecule has 0 spiro atoms. The van der Waals surface area contributed by atoms with E-state index in [-0.39, 0.29) is 17.4 Å². The summed E-state index contributed by atoms with van der Waals surface area (Å²) < 4.78 is 20.5. The average molecular weight is 447 g/mol. The monoisotopic (exact) mass is 446 g/mol. The molecule has 0 radical (unpaired) electrons. The molecule has 4 aromatic rings. The molecule has 4 rings (SSSR count). The zero-order valence-corrected chi connectivity index (χ0v) is 18.7. The van der Waals surface area contributed by atoms with Crippen LogP contribution in [0.4, 0.5) is 4.39 Å². The number of nitrogens with zero attached hydrogens (tertiary/aromatic N) is 1. The van der Waals surface area contributed by atoms with Crippen LogP contribution in [0.15, 0.2) is 72.8 Å². The second kappa shape index (κ2) is 9.88. The number of rotatable bonds is 9. The van der Waals surface area contributed by atoms with E-state index in [4.69, 9.17) is 4.74 Å². The lowest BCUT2D eigenvalue weighted by Gasteiger charge is -2.14. The molecule has 0 aliphatic heterocycles. The minimum atomic E-state index is -1.000. The van der Waals surface area contributed by atoms with E-state index in [9.17, 15) is 14.3 Å². The molecule has 0 saturated carbocycles. The zero-order chi connectivity index (χ0) is 23.4. The maximum atomic E-state index is 13.4. The Morgan fingerprint density at radius 1 is 1.09 bits per heavy atom. The molecule has 1 atom stereocenters. The van der Waals surface area contributed by atoms with Gasteiger partial charge in [0.2, 0.25) is 0 Å². The molecule has 0 fully saturated rings. The standard InChI is InChI=1S/C27H27FN2O3/c1-18(20-6-4-3-5-7-20)15-29-16-24-23-13-12-22(33-2)14-25(23)30(26(24)27(31)32)17-19-8-10-21(28)11-9-19/h3-14,18,29H,15-17H2,1-2H3,(H,31,32)/t18-/m1/s1. The van der Waals surface area contributed by atoms with E-state index in [0.29, 0.717) is 25.4 Å². The first kappa shape index (κ1) is 22.6. The van der Waals surface area contributed by atoms with Gasteiger partial charge in [-0.2, -0.15) is 0 Å². The van der Waals surface area contributed by atoms with Crippen molar-refractivity contribution in [2.24, 2.45) is 0 Å². The van der Waals surface area contributed by atoms with Crippen molar-refractivity contribution < 1.29 is 19.0 Å². The van der Waals surface area contributed by atoms with Gasteiger partial charge in [-0.15, -0.1) is 0 Å². The van der Waals surface area contributed by atoms with E-state index in [1.54, 1.807) is 23.8 Å². The van der Waals surface area contributed by atoms with Gasteiger partial charge in [0.1, 0.15) is 17.3 Å². The van der Waals surface area contributed by atoms with E-state index in [0.717, 1.165) is 22.0 Å². The quantitative estimate of drug-likeness (QED) is 0.360. The van der Waals surface area contributed by atoms with Gasteiger partial charge in [-0.25, -0.2) is 9.18 Å². The third-order valence-electron chi connectivity index (χ3n) is 5.95. The van der Waals surface area contributed by atoms with Crippen LogP contribution in [0.25, 0.3) is 10.9 Å². The van der Waals surface area contributed by atoms with Crippen LogP contribution >= 0.6 is 0 Å². The first-order chi connectivity index (χ1) is 16.0. The first-order valence-electron chi connectivity index (χ1n) is 10.9. The largest absolute Gasteiger partial charge is 0.497 e. The second-order valence-electron chi connectivity index (χ2n) is 8.17. The Balaban J connectivity index is 1.69. The van der Waals surface area contributed by atoms with Gasteiger partial charge in [0.25, 0.3) is 0 Å². The number of carboxylic acid groups (broad SMARTS) is 1. The van der Waals surface area contributed by atoms with Gasteiger partial charge in [-0.1, -0.05) is 49.4 Å². The third kappa shape index (κ3) is 4.91. The molecule has 170 valence electrons. The van der Waals surface area contributed by atoms with Crippen molar-refractivity contribution in [2.75, 3.05) is 13.7 Å². The molecule has 0 aliphatic rings. The molecule has 1 aromatic heterocycles. The number of benzene rings is 3. The van der Waals surface area contributed by atoms with Gasteiger partial charge < -0.3 is 19.7 Å². The van der Waals surface area contributed by atoms with Crippen molar-refractivity contribution in [3.8, 4) is 5.75 Å². The van der Waals surface area contributed by atoms with Gasteiger partial charge in [0.05, 0.1) is 12.6 Å². The highest BCUT2D eigenvalue weighted by atomic mass is 19.1. The molecule has 2 N–H and O–H groups in total. The van der Waals surface area contributed by atoms with Crippen LogP contribution in [-0.2, 0) is 13.1 Å². The lowest BCUT2D eigenvalue weighted by Crippen LogP contribution is -2.21. The Kier molecular flexibility index (Phi) is 6.75. The number of carbonyl (C=O) groups is 1. The van der Waals surface area contributed by atoms with Crippen LogP contribution in [0.5, 0.6) is 5.75 Å². The summed E-state index contributed by atoms with van der Waals surface area (Å²) in [6.45, 7) is 3.58. The Morgan fingerprint density at radius 3 is 2.48 bits per heavy atom. The maximum absolute atomic E-state index is 13.4. The molecule has 5 nitrogen and oxygen atoms in total. The van der Waals surface area contributed by atoms with Gasteiger partial charge in [0.15, 0.2) is 0 Å². The number of hydrogen-bond donors (Lipinski definition) is 2. The summed E-state index contributed by atoms with van der Waals surface area (Å²) in [7, 11) is 1.58. The average Bonchev–Trinajstić information content (AvgIpc) is 3.13. The van der Waals surface area contributed by atoms with Gasteiger partial charge >= 0.3 is 5.97 Å². The number of aromatic carboxylic acids is 1. The van der Waals surface area contributed by atoms with E-state index in [1.165, 1.54) is 17.7 Å². The maximum Gasteiger partial charge on any atom is 0.352 e. The first-order valence-corrected chi connectivity index (χ1v) is 10.9. The molecule has 0 amide bonds. The molecule has 0 bridgehead atoms. The van der Waals surface area contributed by atoms with Crippen LogP contribution < -0.4 is 10.1 Å². The number of ether oxygens (including phenoxy) is 1. The summed E-state index contributed by atoms with van der Waals surface area (Å²) in [5.74, 6) is -0.393. The smallest absolute Gasteiger partial charge is 0.352 e. The number of aromatic nitrogens is 1. The Bertz CT molecular complexity index is 1250. The van der Waals surface area contributed by atoms with Crippen LogP contribution in [-0.4, -0.2) is 29.3 Å². The normalized spacial score (nSPS) is 12.1. The highest BCUT2D eigenvalue weighted by molar-refractivity contribution is 5.98. The summed E-state index contributed by atoms with van der Waals surface area (Å²) >= 11 is 0. The highest BCUT2D eigenvalue weighted by Crippen LogP contribution is 2.31. The van der Waals surface area contributed by atoms with E-state index in [2.05, 4.69) is 24.4 Å². The topological polar surface area (TPSA) is 63.5 Å². The fourth-order valence-corrected chi connectivity index (χ4v) is 4.20. The molecule has 33 heavy (non-hydrogen) atoms. The van der Waals surface area contributed by atoms with E-state index >= 15 is 0 Å². The Morgan fingerprint density at radius 2 is 1.82 bits per heavy atom. The van der Waals surface area contributed by atoms with E-state index in [1.807, 2.05) is 36.4 Å². The van der Waals surface area contributed by atoms with Crippen molar-refractivity contribution in [2.45, 2.75) is 25.9 Å². The lowest BCUT2D eigenvalue weighted by atomic mass is 10.0.